The average Bonchev–Trinajstić information content (AvgIpc) is 3.15. The monoisotopic (exact) mass is 404 g/mol. The van der Waals surface area contributed by atoms with E-state index in [1.165, 1.54) is 6.42 Å². The molecule has 2 fully saturated rings. The highest BCUT2D eigenvalue weighted by Crippen LogP contribution is 2.51. The molecule has 1 aromatic heterocycles. The average molecular weight is 405 g/mol. The van der Waals surface area contributed by atoms with E-state index in [2.05, 4.69) is 22.0 Å². The van der Waals surface area contributed by atoms with Gasteiger partial charge in [0, 0.05) is 37.6 Å². The molecule has 6 nitrogen and oxygen atoms in total. The fourth-order valence-electron chi connectivity index (χ4n) is 5.78. The van der Waals surface area contributed by atoms with Gasteiger partial charge in [-0.25, -0.2) is 4.98 Å². The van der Waals surface area contributed by atoms with E-state index in [-0.39, 0.29) is 5.60 Å². The predicted octanol–water partition coefficient (Wildman–Crippen LogP) is 3.44. The first kappa shape index (κ1) is 19.3. The van der Waals surface area contributed by atoms with Gasteiger partial charge in [0.05, 0.1) is 17.6 Å². The Kier molecular flexibility index (Phi) is 4.83. The van der Waals surface area contributed by atoms with Gasteiger partial charge in [-0.1, -0.05) is 30.7 Å². The van der Waals surface area contributed by atoms with E-state index in [9.17, 15) is 4.79 Å². The second kappa shape index (κ2) is 7.52. The standard InChI is InChI=1S/C24H28N4O2/c1-30-24(17-7-4-6-16(12-17)23(25)29)18-8-5-9-19(24)14-28(13-18)15-22-26-20-10-2-3-11-21(20)27-22/h2-4,6-7,10-12,18-19H,5,8-9,13-15H2,1H3,(H2,25,29)(H,26,27). The summed E-state index contributed by atoms with van der Waals surface area (Å²) < 4.78 is 6.31. The van der Waals surface area contributed by atoms with Crippen LogP contribution in [0.5, 0.6) is 0 Å². The number of hydrogen-bond donors (Lipinski definition) is 2. The molecular weight excluding hydrogens is 376 g/mol. The van der Waals surface area contributed by atoms with Crippen LogP contribution >= 0.6 is 0 Å². The molecule has 2 aromatic carbocycles. The molecule has 0 spiro atoms. The Bertz CT molecular complexity index is 1030. The van der Waals surface area contributed by atoms with E-state index in [1.54, 1.807) is 6.07 Å². The van der Waals surface area contributed by atoms with Crippen LogP contribution in [0.2, 0.25) is 0 Å². The number of imidazole rings is 1. The van der Waals surface area contributed by atoms with Gasteiger partial charge >= 0.3 is 0 Å². The first-order chi connectivity index (χ1) is 14.6. The third kappa shape index (κ3) is 3.11. The highest BCUT2D eigenvalue weighted by molar-refractivity contribution is 5.93. The Labute approximate surface area is 176 Å². The van der Waals surface area contributed by atoms with Crippen LogP contribution in [-0.4, -0.2) is 41.0 Å². The van der Waals surface area contributed by atoms with Crippen molar-refractivity contribution in [2.45, 2.75) is 31.4 Å². The second-order valence-corrected chi connectivity index (χ2v) is 8.66. The summed E-state index contributed by atoms with van der Waals surface area (Å²) in [6, 6.07) is 15.9. The summed E-state index contributed by atoms with van der Waals surface area (Å²) in [4.78, 5) is 22.5. The van der Waals surface area contributed by atoms with Gasteiger partial charge in [-0.3, -0.25) is 9.69 Å². The Morgan fingerprint density at radius 3 is 2.67 bits per heavy atom. The maximum atomic E-state index is 11.8. The largest absolute Gasteiger partial charge is 0.373 e. The number of amides is 1. The number of hydrogen-bond acceptors (Lipinski definition) is 4. The number of fused-ring (bicyclic) bond motifs is 3. The third-order valence-electron chi connectivity index (χ3n) is 7.02. The minimum atomic E-state index is -0.393. The molecule has 3 N–H and O–H groups in total. The number of carbonyl (C=O) groups excluding carboxylic acids is 1. The molecule has 156 valence electrons. The van der Waals surface area contributed by atoms with Gasteiger partial charge in [0.1, 0.15) is 11.4 Å². The molecule has 0 radical (unpaired) electrons. The highest BCUT2D eigenvalue weighted by atomic mass is 16.5. The fraction of sp³-hybridized carbons (Fsp3) is 0.417. The van der Waals surface area contributed by atoms with Crippen molar-refractivity contribution in [3.8, 4) is 0 Å². The number of rotatable bonds is 5. The Hall–Kier alpha value is -2.70. The molecule has 2 unspecified atom stereocenters. The molecule has 1 saturated carbocycles. The minimum absolute atomic E-state index is 0.363. The maximum Gasteiger partial charge on any atom is 0.248 e. The van der Waals surface area contributed by atoms with Gasteiger partial charge in [0.25, 0.3) is 0 Å². The molecule has 3 aromatic rings. The smallest absolute Gasteiger partial charge is 0.248 e. The number of likely N-dealkylation sites (tertiary alicyclic amines) is 1. The van der Waals surface area contributed by atoms with Crippen molar-refractivity contribution in [1.82, 2.24) is 14.9 Å². The lowest BCUT2D eigenvalue weighted by Crippen LogP contribution is -2.58. The number of para-hydroxylation sites is 2. The molecule has 2 aliphatic rings. The number of carbonyl (C=O) groups is 1. The topological polar surface area (TPSA) is 84.2 Å². The first-order valence-corrected chi connectivity index (χ1v) is 10.7. The summed E-state index contributed by atoms with van der Waals surface area (Å²) in [6.07, 6.45) is 3.44. The van der Waals surface area contributed by atoms with Gasteiger partial charge in [0.2, 0.25) is 5.91 Å². The maximum absolute atomic E-state index is 11.8. The molecule has 2 atom stereocenters. The first-order valence-electron chi connectivity index (χ1n) is 10.7. The summed E-state index contributed by atoms with van der Waals surface area (Å²) in [6.45, 7) is 2.70. The van der Waals surface area contributed by atoms with Crippen molar-refractivity contribution < 1.29 is 9.53 Å². The van der Waals surface area contributed by atoms with Crippen LogP contribution in [0.1, 0.15) is 41.0 Å². The summed E-state index contributed by atoms with van der Waals surface area (Å²) >= 11 is 0. The van der Waals surface area contributed by atoms with Crippen molar-refractivity contribution in [3.63, 3.8) is 0 Å². The molecule has 1 aliphatic carbocycles. The van der Waals surface area contributed by atoms with Gasteiger partial charge in [-0.15, -0.1) is 0 Å². The number of aromatic nitrogens is 2. The molecule has 1 saturated heterocycles. The van der Waals surface area contributed by atoms with Crippen molar-refractivity contribution in [1.29, 1.82) is 0 Å². The summed E-state index contributed by atoms with van der Waals surface area (Å²) in [7, 11) is 1.82. The molecule has 1 aliphatic heterocycles. The molecule has 1 amide bonds. The summed E-state index contributed by atoms with van der Waals surface area (Å²) in [5.41, 5.74) is 8.91. The predicted molar refractivity (Wildman–Crippen MR) is 116 cm³/mol. The molecule has 5 rings (SSSR count). The molecule has 2 heterocycles. The fourth-order valence-corrected chi connectivity index (χ4v) is 5.78. The Morgan fingerprint density at radius 2 is 1.97 bits per heavy atom. The Balaban J connectivity index is 1.44. The van der Waals surface area contributed by atoms with Gasteiger partial charge in [0.15, 0.2) is 0 Å². The summed E-state index contributed by atoms with van der Waals surface area (Å²) in [5, 5.41) is 0. The van der Waals surface area contributed by atoms with Crippen LogP contribution in [0.4, 0.5) is 0 Å². The van der Waals surface area contributed by atoms with Gasteiger partial charge in [-0.05, 0) is 42.7 Å². The quantitative estimate of drug-likeness (QED) is 0.682. The third-order valence-corrected chi connectivity index (χ3v) is 7.02. The summed E-state index contributed by atoms with van der Waals surface area (Å²) in [5.74, 6) is 1.34. The number of methoxy groups -OCH3 is 1. The SMILES string of the molecule is COC1(c2cccc(C(N)=O)c2)C2CCCC1CN(Cc1nc3ccccc3[nH]1)C2. The number of benzene rings is 2. The number of nitrogens with one attached hydrogen (secondary N) is 1. The van der Waals surface area contributed by atoms with E-state index in [1.807, 2.05) is 37.4 Å². The van der Waals surface area contributed by atoms with Gasteiger partial charge in [-0.2, -0.15) is 0 Å². The highest BCUT2D eigenvalue weighted by Gasteiger charge is 2.53. The normalized spacial score (nSPS) is 26.7. The zero-order chi connectivity index (χ0) is 20.7. The zero-order valence-corrected chi connectivity index (χ0v) is 17.3. The number of ether oxygens (including phenoxy) is 1. The van der Waals surface area contributed by atoms with E-state index in [4.69, 9.17) is 15.5 Å². The van der Waals surface area contributed by atoms with Crippen LogP contribution in [0, 0.1) is 11.8 Å². The van der Waals surface area contributed by atoms with Gasteiger partial charge < -0.3 is 15.5 Å². The number of primary amides is 1. The van der Waals surface area contributed by atoms with Crippen LogP contribution < -0.4 is 5.73 Å². The van der Waals surface area contributed by atoms with Crippen molar-refractivity contribution in [2.75, 3.05) is 20.2 Å². The molecule has 6 heteroatoms. The molecule has 2 bridgehead atoms. The van der Waals surface area contributed by atoms with Crippen molar-refractivity contribution >= 4 is 16.9 Å². The number of H-pyrrole nitrogens is 1. The van der Waals surface area contributed by atoms with E-state index in [0.29, 0.717) is 17.4 Å². The van der Waals surface area contributed by atoms with Crippen molar-refractivity contribution in [2.24, 2.45) is 17.6 Å². The molecule has 30 heavy (non-hydrogen) atoms. The number of aromatic amines is 1. The number of piperidine rings is 1. The van der Waals surface area contributed by atoms with Crippen LogP contribution in [0.25, 0.3) is 11.0 Å². The van der Waals surface area contributed by atoms with Crippen LogP contribution in [-0.2, 0) is 16.9 Å². The minimum Gasteiger partial charge on any atom is -0.373 e. The van der Waals surface area contributed by atoms with Crippen LogP contribution in [0.3, 0.4) is 0 Å². The Morgan fingerprint density at radius 1 is 1.20 bits per heavy atom. The van der Waals surface area contributed by atoms with Crippen LogP contribution in [0.15, 0.2) is 48.5 Å². The second-order valence-electron chi connectivity index (χ2n) is 8.66. The lowest BCUT2D eigenvalue weighted by Gasteiger charge is -2.55. The number of nitrogens with two attached hydrogens (primary N) is 1. The lowest BCUT2D eigenvalue weighted by molar-refractivity contribution is -0.170. The lowest BCUT2D eigenvalue weighted by atomic mass is 9.62. The van der Waals surface area contributed by atoms with Crippen molar-refractivity contribution in [3.05, 3.63) is 65.5 Å². The molecular formula is C24H28N4O2. The van der Waals surface area contributed by atoms with E-state index in [0.717, 1.165) is 54.9 Å². The number of nitrogens with zero attached hydrogens (tertiary/aromatic N) is 2. The van der Waals surface area contributed by atoms with E-state index >= 15 is 0 Å². The van der Waals surface area contributed by atoms with E-state index < -0.39 is 5.91 Å². The zero-order valence-electron chi connectivity index (χ0n) is 17.3.